The smallest absolute Gasteiger partial charge is 0.0179 e. The highest BCUT2D eigenvalue weighted by atomic mass is 15.2. The standard InChI is InChI=1S/C11H23N/c1-4-6-9-12-10-7-8-11(12,3)5-2/h4-10H2,1-3H3. The third-order valence-electron chi connectivity index (χ3n) is 3.45. The molecule has 0 saturated carbocycles. The summed E-state index contributed by atoms with van der Waals surface area (Å²) < 4.78 is 0. The maximum Gasteiger partial charge on any atom is 0.0179 e. The Hall–Kier alpha value is -0.0400. The minimum atomic E-state index is 0.537. The Morgan fingerprint density at radius 1 is 1.33 bits per heavy atom. The van der Waals surface area contributed by atoms with Crippen molar-refractivity contribution >= 4 is 0 Å². The molecule has 1 heteroatoms. The summed E-state index contributed by atoms with van der Waals surface area (Å²) in [6.45, 7) is 9.68. The number of rotatable bonds is 4. The highest BCUT2D eigenvalue weighted by Crippen LogP contribution is 2.31. The van der Waals surface area contributed by atoms with E-state index < -0.39 is 0 Å². The first-order chi connectivity index (χ1) is 5.73. The summed E-state index contributed by atoms with van der Waals surface area (Å²) in [5.41, 5.74) is 0.537. The van der Waals surface area contributed by atoms with Gasteiger partial charge < -0.3 is 0 Å². The van der Waals surface area contributed by atoms with Crippen LogP contribution in [0.2, 0.25) is 0 Å². The van der Waals surface area contributed by atoms with Crippen molar-refractivity contribution in [2.45, 2.75) is 58.4 Å². The molecule has 0 bridgehead atoms. The lowest BCUT2D eigenvalue weighted by Gasteiger charge is -2.34. The first kappa shape index (κ1) is 10.0. The Balaban J connectivity index is 2.40. The van der Waals surface area contributed by atoms with Gasteiger partial charge in [0.15, 0.2) is 0 Å². The molecule has 12 heavy (non-hydrogen) atoms. The second kappa shape index (κ2) is 4.27. The monoisotopic (exact) mass is 169 g/mol. The fourth-order valence-electron chi connectivity index (χ4n) is 2.21. The van der Waals surface area contributed by atoms with Gasteiger partial charge in [-0.15, -0.1) is 0 Å². The molecule has 0 aliphatic carbocycles. The first-order valence-corrected chi connectivity index (χ1v) is 5.48. The number of likely N-dealkylation sites (tertiary alicyclic amines) is 1. The maximum atomic E-state index is 2.69. The summed E-state index contributed by atoms with van der Waals surface area (Å²) in [6.07, 6.45) is 6.84. The van der Waals surface area contributed by atoms with Crippen molar-refractivity contribution in [1.29, 1.82) is 0 Å². The second-order valence-electron chi connectivity index (χ2n) is 4.29. The summed E-state index contributed by atoms with van der Waals surface area (Å²) in [5, 5.41) is 0. The van der Waals surface area contributed by atoms with E-state index in [1.54, 1.807) is 0 Å². The van der Waals surface area contributed by atoms with Crippen LogP contribution < -0.4 is 0 Å². The van der Waals surface area contributed by atoms with E-state index in [-0.39, 0.29) is 0 Å². The third-order valence-corrected chi connectivity index (χ3v) is 3.45. The minimum Gasteiger partial charge on any atom is -0.298 e. The van der Waals surface area contributed by atoms with E-state index in [0.717, 1.165) is 0 Å². The van der Waals surface area contributed by atoms with Crippen LogP contribution >= 0.6 is 0 Å². The Kier molecular flexibility index (Phi) is 3.57. The molecule has 1 fully saturated rings. The van der Waals surface area contributed by atoms with E-state index in [2.05, 4.69) is 25.7 Å². The van der Waals surface area contributed by atoms with Gasteiger partial charge >= 0.3 is 0 Å². The Morgan fingerprint density at radius 2 is 2.08 bits per heavy atom. The SMILES string of the molecule is CCCCN1CCCC1(C)CC. The van der Waals surface area contributed by atoms with E-state index in [4.69, 9.17) is 0 Å². The average molecular weight is 169 g/mol. The quantitative estimate of drug-likeness (QED) is 0.625. The van der Waals surface area contributed by atoms with Crippen LogP contribution in [-0.4, -0.2) is 23.5 Å². The van der Waals surface area contributed by atoms with Crippen molar-refractivity contribution < 1.29 is 0 Å². The number of hydrogen-bond acceptors (Lipinski definition) is 1. The Morgan fingerprint density at radius 3 is 2.67 bits per heavy atom. The topological polar surface area (TPSA) is 3.24 Å². The first-order valence-electron chi connectivity index (χ1n) is 5.48. The normalized spacial score (nSPS) is 31.2. The molecule has 0 aromatic carbocycles. The lowest BCUT2D eigenvalue weighted by atomic mass is 9.95. The summed E-state index contributed by atoms with van der Waals surface area (Å²) in [6, 6.07) is 0. The fraction of sp³-hybridized carbons (Fsp3) is 1.00. The van der Waals surface area contributed by atoms with Crippen LogP contribution in [0, 0.1) is 0 Å². The van der Waals surface area contributed by atoms with E-state index >= 15 is 0 Å². The largest absolute Gasteiger partial charge is 0.298 e. The average Bonchev–Trinajstić information content (AvgIpc) is 2.45. The molecule has 0 spiro atoms. The predicted octanol–water partition coefficient (Wildman–Crippen LogP) is 3.05. The minimum absolute atomic E-state index is 0.537. The molecule has 1 nitrogen and oxygen atoms in total. The van der Waals surface area contributed by atoms with Crippen molar-refractivity contribution in [3.8, 4) is 0 Å². The molecule has 72 valence electrons. The van der Waals surface area contributed by atoms with Crippen molar-refractivity contribution in [2.75, 3.05) is 13.1 Å². The zero-order valence-corrected chi connectivity index (χ0v) is 8.90. The van der Waals surface area contributed by atoms with Gasteiger partial charge in [0, 0.05) is 5.54 Å². The van der Waals surface area contributed by atoms with Crippen molar-refractivity contribution in [2.24, 2.45) is 0 Å². The second-order valence-corrected chi connectivity index (χ2v) is 4.29. The van der Waals surface area contributed by atoms with Gasteiger partial charge in [-0.25, -0.2) is 0 Å². The maximum absolute atomic E-state index is 2.69. The summed E-state index contributed by atoms with van der Waals surface area (Å²) in [4.78, 5) is 2.69. The van der Waals surface area contributed by atoms with Crippen LogP contribution in [0.4, 0.5) is 0 Å². The molecule has 0 aromatic rings. The highest BCUT2D eigenvalue weighted by molar-refractivity contribution is 4.90. The molecule has 1 rings (SSSR count). The van der Waals surface area contributed by atoms with Crippen LogP contribution in [0.25, 0.3) is 0 Å². The molecule has 0 N–H and O–H groups in total. The van der Waals surface area contributed by atoms with Crippen LogP contribution in [0.5, 0.6) is 0 Å². The number of nitrogens with zero attached hydrogens (tertiary/aromatic N) is 1. The Bertz CT molecular complexity index is 133. The lowest BCUT2D eigenvalue weighted by molar-refractivity contribution is 0.149. The third kappa shape index (κ3) is 2.01. The van der Waals surface area contributed by atoms with E-state index in [0.29, 0.717) is 5.54 Å². The van der Waals surface area contributed by atoms with Crippen LogP contribution in [0.15, 0.2) is 0 Å². The van der Waals surface area contributed by atoms with Gasteiger partial charge in [0.2, 0.25) is 0 Å². The van der Waals surface area contributed by atoms with Crippen molar-refractivity contribution in [3.05, 3.63) is 0 Å². The molecular weight excluding hydrogens is 146 g/mol. The number of hydrogen-bond donors (Lipinski definition) is 0. The summed E-state index contributed by atoms with van der Waals surface area (Å²) >= 11 is 0. The molecule has 1 heterocycles. The van der Waals surface area contributed by atoms with E-state index in [1.807, 2.05) is 0 Å². The molecule has 0 radical (unpaired) electrons. The van der Waals surface area contributed by atoms with Gasteiger partial charge in [-0.3, -0.25) is 4.90 Å². The van der Waals surface area contributed by atoms with E-state index in [1.165, 1.54) is 45.2 Å². The van der Waals surface area contributed by atoms with Crippen LogP contribution in [-0.2, 0) is 0 Å². The van der Waals surface area contributed by atoms with Gasteiger partial charge in [0.25, 0.3) is 0 Å². The molecule has 1 atom stereocenters. The van der Waals surface area contributed by atoms with Gasteiger partial charge in [-0.2, -0.15) is 0 Å². The lowest BCUT2D eigenvalue weighted by Crippen LogP contribution is -2.40. The summed E-state index contributed by atoms with van der Waals surface area (Å²) in [7, 11) is 0. The van der Waals surface area contributed by atoms with Crippen LogP contribution in [0.1, 0.15) is 52.9 Å². The predicted molar refractivity (Wildman–Crippen MR) is 54.4 cm³/mol. The van der Waals surface area contributed by atoms with Gasteiger partial charge in [0.05, 0.1) is 0 Å². The zero-order valence-electron chi connectivity index (χ0n) is 8.90. The fourth-order valence-corrected chi connectivity index (χ4v) is 2.21. The molecule has 1 saturated heterocycles. The highest BCUT2D eigenvalue weighted by Gasteiger charge is 2.33. The molecule has 0 aromatic heterocycles. The van der Waals surface area contributed by atoms with Gasteiger partial charge in [-0.1, -0.05) is 20.3 Å². The number of unbranched alkanes of at least 4 members (excludes halogenated alkanes) is 1. The van der Waals surface area contributed by atoms with Crippen molar-refractivity contribution in [1.82, 2.24) is 4.90 Å². The molecule has 1 aliphatic heterocycles. The van der Waals surface area contributed by atoms with E-state index in [9.17, 15) is 0 Å². The van der Waals surface area contributed by atoms with Crippen molar-refractivity contribution in [3.63, 3.8) is 0 Å². The molecular formula is C11H23N. The molecule has 0 amide bonds. The van der Waals surface area contributed by atoms with Gasteiger partial charge in [-0.05, 0) is 45.7 Å². The summed E-state index contributed by atoms with van der Waals surface area (Å²) in [5.74, 6) is 0. The molecule has 1 aliphatic rings. The zero-order chi connectivity index (χ0) is 9.03. The van der Waals surface area contributed by atoms with Crippen LogP contribution in [0.3, 0.4) is 0 Å². The molecule has 1 unspecified atom stereocenters. The van der Waals surface area contributed by atoms with Gasteiger partial charge in [0.1, 0.15) is 0 Å². The Labute approximate surface area is 77.1 Å².